The highest BCUT2D eigenvalue weighted by atomic mass is 35.5. The second-order valence-electron chi connectivity index (χ2n) is 5.35. The Kier molecular flexibility index (Phi) is 3.60. The molecule has 23 heavy (non-hydrogen) atoms. The number of aromatic carboxylic acids is 1. The molecule has 3 rings (SSSR count). The predicted octanol–water partition coefficient (Wildman–Crippen LogP) is 1.52. The lowest BCUT2D eigenvalue weighted by atomic mass is 10.1. The lowest BCUT2D eigenvalue weighted by Crippen LogP contribution is -2.41. The average molecular weight is 339 g/mol. The maximum atomic E-state index is 14.2. The van der Waals surface area contributed by atoms with E-state index in [1.165, 1.54) is 11.6 Å². The van der Waals surface area contributed by atoms with Crippen molar-refractivity contribution in [1.82, 2.24) is 9.13 Å². The van der Waals surface area contributed by atoms with Crippen molar-refractivity contribution in [2.24, 2.45) is 7.05 Å². The first-order valence-corrected chi connectivity index (χ1v) is 7.27. The molecule has 1 heterocycles. The van der Waals surface area contributed by atoms with Crippen LogP contribution in [0.3, 0.4) is 0 Å². The van der Waals surface area contributed by atoms with Crippen molar-refractivity contribution in [3.63, 3.8) is 0 Å². The van der Waals surface area contributed by atoms with Gasteiger partial charge in [0.05, 0.1) is 16.3 Å². The van der Waals surface area contributed by atoms with E-state index in [2.05, 4.69) is 0 Å². The van der Waals surface area contributed by atoms with Crippen molar-refractivity contribution < 1.29 is 14.3 Å². The summed E-state index contributed by atoms with van der Waals surface area (Å²) >= 11 is 5.70. The molecule has 0 fully saturated rings. The van der Waals surface area contributed by atoms with Gasteiger partial charge in [-0.25, -0.2) is 18.5 Å². The second kappa shape index (κ2) is 5.34. The van der Waals surface area contributed by atoms with Crippen LogP contribution in [0.25, 0.3) is 5.69 Å². The predicted molar refractivity (Wildman–Crippen MR) is 81.2 cm³/mol. The largest absolute Gasteiger partial charge is 0.478 e. The Morgan fingerprint density at radius 1 is 1.30 bits per heavy atom. The van der Waals surface area contributed by atoms with Gasteiger partial charge in [0.25, 0.3) is 5.56 Å². The van der Waals surface area contributed by atoms with Gasteiger partial charge in [0.2, 0.25) is 0 Å². The molecule has 0 spiro atoms. The molecular weight excluding hydrogens is 327 g/mol. The van der Waals surface area contributed by atoms with Gasteiger partial charge in [0.1, 0.15) is 5.82 Å². The molecule has 0 saturated carbocycles. The summed E-state index contributed by atoms with van der Waals surface area (Å²) in [6, 6.07) is 1.70. The normalized spacial score (nSPS) is 13.2. The molecule has 0 amide bonds. The Labute approximate surface area is 134 Å². The zero-order valence-electron chi connectivity index (χ0n) is 12.1. The minimum absolute atomic E-state index is 0.301. The Morgan fingerprint density at radius 3 is 2.65 bits per heavy atom. The van der Waals surface area contributed by atoms with Gasteiger partial charge in [0, 0.05) is 18.3 Å². The fourth-order valence-electron chi connectivity index (χ4n) is 2.90. The molecule has 2 aromatic rings. The summed E-state index contributed by atoms with van der Waals surface area (Å²) in [7, 11) is 1.51. The second-order valence-corrected chi connectivity index (χ2v) is 5.76. The van der Waals surface area contributed by atoms with Gasteiger partial charge in [-0.1, -0.05) is 11.6 Å². The first-order valence-electron chi connectivity index (χ1n) is 6.89. The van der Waals surface area contributed by atoms with Crippen molar-refractivity contribution in [2.75, 3.05) is 0 Å². The topological polar surface area (TPSA) is 81.3 Å². The molecule has 0 bridgehead atoms. The van der Waals surface area contributed by atoms with Crippen LogP contribution in [0.2, 0.25) is 5.02 Å². The van der Waals surface area contributed by atoms with Gasteiger partial charge in [-0.15, -0.1) is 0 Å². The SMILES string of the molecule is Cn1c2c(c(=O)n(-c3cc(C(=O)O)c(Cl)cc3F)c1=O)CCC2. The van der Waals surface area contributed by atoms with E-state index in [1.54, 1.807) is 0 Å². The summed E-state index contributed by atoms with van der Waals surface area (Å²) in [6.07, 6.45) is 1.86. The third-order valence-corrected chi connectivity index (χ3v) is 4.35. The van der Waals surface area contributed by atoms with E-state index in [0.29, 0.717) is 28.7 Å². The van der Waals surface area contributed by atoms with E-state index < -0.39 is 28.7 Å². The van der Waals surface area contributed by atoms with Crippen LogP contribution in [0.1, 0.15) is 28.0 Å². The molecule has 1 aliphatic carbocycles. The third-order valence-electron chi connectivity index (χ3n) is 4.04. The van der Waals surface area contributed by atoms with Crippen LogP contribution in [-0.2, 0) is 19.9 Å². The molecule has 0 unspecified atom stereocenters. The Morgan fingerprint density at radius 2 is 2.00 bits per heavy atom. The van der Waals surface area contributed by atoms with Crippen LogP contribution < -0.4 is 11.2 Å². The van der Waals surface area contributed by atoms with Crippen LogP contribution in [0.4, 0.5) is 4.39 Å². The summed E-state index contributed by atoms with van der Waals surface area (Å²) in [5.41, 5.74) is -1.02. The number of hydrogen-bond donors (Lipinski definition) is 1. The highest BCUT2D eigenvalue weighted by molar-refractivity contribution is 6.33. The quantitative estimate of drug-likeness (QED) is 0.900. The molecule has 1 aliphatic rings. The van der Waals surface area contributed by atoms with E-state index in [9.17, 15) is 18.8 Å². The molecule has 0 radical (unpaired) electrons. The Balaban J connectivity index is 2.39. The molecule has 1 aromatic carbocycles. The van der Waals surface area contributed by atoms with Crippen molar-refractivity contribution >= 4 is 17.6 Å². The van der Waals surface area contributed by atoms with Gasteiger partial charge in [-0.05, 0) is 31.4 Å². The number of hydrogen-bond acceptors (Lipinski definition) is 3. The minimum Gasteiger partial charge on any atom is -0.478 e. The number of fused-ring (bicyclic) bond motifs is 1. The van der Waals surface area contributed by atoms with Crippen LogP contribution >= 0.6 is 11.6 Å². The van der Waals surface area contributed by atoms with Gasteiger partial charge in [-0.2, -0.15) is 0 Å². The van der Waals surface area contributed by atoms with Crippen LogP contribution in [-0.4, -0.2) is 20.2 Å². The van der Waals surface area contributed by atoms with Gasteiger partial charge in [0.15, 0.2) is 0 Å². The molecule has 0 saturated heterocycles. The number of carboxylic acid groups (broad SMARTS) is 1. The van der Waals surface area contributed by atoms with E-state index in [-0.39, 0.29) is 10.6 Å². The summed E-state index contributed by atoms with van der Waals surface area (Å²) in [4.78, 5) is 36.2. The first kappa shape index (κ1) is 15.5. The molecular formula is C15H12ClFN2O4. The number of aromatic nitrogens is 2. The lowest BCUT2D eigenvalue weighted by molar-refractivity contribution is 0.0697. The summed E-state index contributed by atoms with van der Waals surface area (Å²) in [5.74, 6) is -2.31. The number of carboxylic acids is 1. The highest BCUT2D eigenvalue weighted by Crippen LogP contribution is 2.23. The fourth-order valence-corrected chi connectivity index (χ4v) is 3.13. The van der Waals surface area contributed by atoms with Crippen LogP contribution in [0.5, 0.6) is 0 Å². The van der Waals surface area contributed by atoms with Crippen molar-refractivity contribution in [3.8, 4) is 5.69 Å². The summed E-state index contributed by atoms with van der Waals surface area (Å²) in [6.45, 7) is 0. The maximum absolute atomic E-state index is 14.2. The van der Waals surface area contributed by atoms with Gasteiger partial charge >= 0.3 is 11.7 Å². The zero-order chi connectivity index (χ0) is 16.9. The number of benzene rings is 1. The molecule has 1 aromatic heterocycles. The van der Waals surface area contributed by atoms with E-state index in [1.807, 2.05) is 0 Å². The number of nitrogens with zero attached hydrogens (tertiary/aromatic N) is 2. The number of carbonyl (C=O) groups is 1. The van der Waals surface area contributed by atoms with Crippen molar-refractivity contribution in [1.29, 1.82) is 0 Å². The standard InChI is InChI=1S/C15H12ClFN2O4/c1-18-11-4-2-3-7(11)13(20)19(15(18)23)12-5-8(14(21)22)9(16)6-10(12)17/h5-6H,2-4H2,1H3,(H,21,22). The summed E-state index contributed by atoms with van der Waals surface area (Å²) < 4.78 is 16.2. The average Bonchev–Trinajstić information content (AvgIpc) is 2.96. The van der Waals surface area contributed by atoms with E-state index >= 15 is 0 Å². The monoisotopic (exact) mass is 338 g/mol. The van der Waals surface area contributed by atoms with Crippen molar-refractivity contribution in [3.05, 3.63) is 60.6 Å². The number of halogens is 2. The molecule has 120 valence electrons. The lowest BCUT2D eigenvalue weighted by Gasteiger charge is -2.13. The Hall–Kier alpha value is -2.41. The van der Waals surface area contributed by atoms with Crippen LogP contribution in [0.15, 0.2) is 21.7 Å². The maximum Gasteiger partial charge on any atom is 0.337 e. The van der Waals surface area contributed by atoms with Crippen LogP contribution in [0, 0.1) is 5.82 Å². The van der Waals surface area contributed by atoms with E-state index in [0.717, 1.165) is 18.6 Å². The zero-order valence-corrected chi connectivity index (χ0v) is 12.9. The van der Waals surface area contributed by atoms with Gasteiger partial charge < -0.3 is 9.67 Å². The fraction of sp³-hybridized carbons (Fsp3) is 0.267. The van der Waals surface area contributed by atoms with Crippen molar-refractivity contribution in [2.45, 2.75) is 19.3 Å². The molecule has 0 aliphatic heterocycles. The molecule has 6 nitrogen and oxygen atoms in total. The smallest absolute Gasteiger partial charge is 0.337 e. The molecule has 8 heteroatoms. The molecule has 1 N–H and O–H groups in total. The minimum atomic E-state index is -1.37. The third kappa shape index (κ3) is 2.28. The Bertz CT molecular complexity index is 961. The first-order chi connectivity index (χ1) is 10.8. The van der Waals surface area contributed by atoms with Gasteiger partial charge in [-0.3, -0.25) is 4.79 Å². The van der Waals surface area contributed by atoms with E-state index in [4.69, 9.17) is 16.7 Å². The summed E-state index contributed by atoms with van der Waals surface area (Å²) in [5, 5.41) is 8.80. The molecule has 0 atom stereocenters. The number of rotatable bonds is 2. The highest BCUT2D eigenvalue weighted by Gasteiger charge is 2.24.